The molecule has 0 aromatic rings. The smallest absolute Gasteiger partial charge is 0.356 e. The molecule has 3 saturated carbocycles. The summed E-state index contributed by atoms with van der Waals surface area (Å²) in [6.07, 6.45) is 14.0. The molecule has 8 atom stereocenters. The van der Waals surface area contributed by atoms with Gasteiger partial charge in [0.15, 0.2) is 0 Å². The number of nitrogens with two attached hydrogens (primary N) is 1. The predicted molar refractivity (Wildman–Crippen MR) is 167 cm³/mol. The zero-order chi connectivity index (χ0) is 30.4. The van der Waals surface area contributed by atoms with Gasteiger partial charge in [-0.15, -0.1) is 0 Å². The van der Waals surface area contributed by atoms with Crippen molar-refractivity contribution in [2.24, 2.45) is 46.2 Å². The quantitative estimate of drug-likeness (QED) is 0.0994. The molecule has 0 bridgehead atoms. The molecule has 6 N–H and O–H groups in total. The second-order valence-corrected chi connectivity index (χ2v) is 15.2. The standard InChI is InChI=1S/C32H58N4O5S/c1-23(30(37)36-21-7-20-35-18-5-4-17-34-19-6-16-33)27-10-11-28-26-9-8-24-22-25(41-42(38,39)40)12-14-31(24,2)29(26)13-15-32(27,28)3/h8,23,25-29,34-35H,4-7,9-22,33H2,1-3H3,(H,36,37)(H,38,39,40)/t23?,25-,26?,27+,28-,29?,31-,32+/m0/s1. The van der Waals surface area contributed by atoms with Gasteiger partial charge in [-0.2, -0.15) is 8.42 Å². The Labute approximate surface area is 254 Å². The van der Waals surface area contributed by atoms with E-state index in [1.807, 2.05) is 0 Å². The maximum atomic E-state index is 13.3. The van der Waals surface area contributed by atoms with Crippen LogP contribution >= 0.6 is 0 Å². The van der Waals surface area contributed by atoms with Crippen LogP contribution in [0.5, 0.6) is 0 Å². The van der Waals surface area contributed by atoms with Gasteiger partial charge in [0.2, 0.25) is 5.91 Å². The summed E-state index contributed by atoms with van der Waals surface area (Å²) in [4.78, 5) is 13.3. The number of allylic oxidation sites excluding steroid dienone is 1. The third-order valence-corrected chi connectivity index (χ3v) is 12.3. The Kier molecular flexibility index (Phi) is 11.9. The number of nitrogens with one attached hydrogen (secondary N) is 3. The SMILES string of the molecule is CC(C(=O)NCCCNCCCCNCCCN)[C@H]1CC[C@H]2C3CC=C4C[C@@H](OS(=O)(=O)O)CC[C@]4(C)C3CC[C@]12C. The maximum absolute atomic E-state index is 13.3. The molecule has 42 heavy (non-hydrogen) atoms. The van der Waals surface area contributed by atoms with Crippen LogP contribution in [0.3, 0.4) is 0 Å². The highest BCUT2D eigenvalue weighted by Crippen LogP contribution is 2.67. The maximum Gasteiger partial charge on any atom is 0.397 e. The van der Waals surface area contributed by atoms with Crippen molar-refractivity contribution in [3.63, 3.8) is 0 Å². The van der Waals surface area contributed by atoms with Gasteiger partial charge < -0.3 is 21.7 Å². The highest BCUT2D eigenvalue weighted by Gasteiger charge is 2.59. The van der Waals surface area contributed by atoms with Gasteiger partial charge in [0.05, 0.1) is 6.10 Å². The topological polar surface area (TPSA) is 143 Å². The number of hydrogen-bond donors (Lipinski definition) is 5. The molecule has 4 aliphatic rings. The van der Waals surface area contributed by atoms with Crippen LogP contribution in [0.1, 0.15) is 97.8 Å². The zero-order valence-electron chi connectivity index (χ0n) is 26.3. The van der Waals surface area contributed by atoms with E-state index in [0.717, 1.165) is 97.1 Å². The molecule has 242 valence electrons. The highest BCUT2D eigenvalue weighted by atomic mass is 32.3. The summed E-state index contributed by atoms with van der Waals surface area (Å²) in [5.41, 5.74) is 7.08. The van der Waals surface area contributed by atoms with Gasteiger partial charge in [-0.1, -0.05) is 32.4 Å². The number of amides is 1. The zero-order valence-corrected chi connectivity index (χ0v) is 27.2. The van der Waals surface area contributed by atoms with Gasteiger partial charge in [-0.25, -0.2) is 4.18 Å². The van der Waals surface area contributed by atoms with Gasteiger partial charge in [0.1, 0.15) is 0 Å². The second-order valence-electron chi connectivity index (χ2n) is 14.2. The Morgan fingerprint density at radius 1 is 1.00 bits per heavy atom. The molecular formula is C32H58N4O5S. The highest BCUT2D eigenvalue weighted by molar-refractivity contribution is 7.80. The third-order valence-electron chi connectivity index (χ3n) is 11.8. The van der Waals surface area contributed by atoms with Gasteiger partial charge in [0.25, 0.3) is 0 Å². The third kappa shape index (κ3) is 7.96. The first-order valence-corrected chi connectivity index (χ1v) is 18.1. The summed E-state index contributed by atoms with van der Waals surface area (Å²) in [6.45, 7) is 12.5. The Morgan fingerprint density at radius 2 is 1.69 bits per heavy atom. The van der Waals surface area contributed by atoms with E-state index in [1.165, 1.54) is 12.0 Å². The molecule has 0 spiro atoms. The van der Waals surface area contributed by atoms with Crippen molar-refractivity contribution in [1.29, 1.82) is 0 Å². The van der Waals surface area contributed by atoms with Crippen molar-refractivity contribution in [2.45, 2.75) is 104 Å². The van der Waals surface area contributed by atoms with E-state index < -0.39 is 16.5 Å². The lowest BCUT2D eigenvalue weighted by Crippen LogP contribution is -2.51. The number of fused-ring (bicyclic) bond motifs is 5. The van der Waals surface area contributed by atoms with Crippen LogP contribution in [0, 0.1) is 40.4 Å². The fourth-order valence-corrected chi connectivity index (χ4v) is 10.00. The molecule has 4 rings (SSSR count). The molecular weight excluding hydrogens is 552 g/mol. The molecule has 9 nitrogen and oxygen atoms in total. The van der Waals surface area contributed by atoms with Crippen molar-refractivity contribution < 1.29 is 21.9 Å². The molecule has 0 aliphatic heterocycles. The van der Waals surface area contributed by atoms with Crippen LogP contribution in [0.4, 0.5) is 0 Å². The molecule has 1 amide bonds. The summed E-state index contributed by atoms with van der Waals surface area (Å²) in [6, 6.07) is 0. The average Bonchev–Trinajstić information content (AvgIpc) is 3.29. The van der Waals surface area contributed by atoms with Crippen LogP contribution in [0.2, 0.25) is 0 Å². The summed E-state index contributed by atoms with van der Waals surface area (Å²) in [5.74, 6) is 2.47. The molecule has 0 saturated heterocycles. The van der Waals surface area contributed by atoms with Crippen LogP contribution in [0.25, 0.3) is 0 Å². The minimum atomic E-state index is -4.43. The first-order chi connectivity index (χ1) is 20.0. The Morgan fingerprint density at radius 3 is 2.38 bits per heavy atom. The second kappa shape index (κ2) is 14.8. The van der Waals surface area contributed by atoms with E-state index in [0.29, 0.717) is 36.5 Å². The van der Waals surface area contributed by atoms with Crippen LogP contribution in [-0.4, -0.2) is 64.3 Å². The Bertz CT molecular complexity index is 1040. The number of carbonyl (C=O) groups is 1. The molecule has 4 aliphatic carbocycles. The lowest BCUT2D eigenvalue weighted by Gasteiger charge is -2.58. The van der Waals surface area contributed by atoms with Crippen LogP contribution in [0.15, 0.2) is 11.6 Å². The number of carbonyl (C=O) groups excluding carboxylic acids is 1. The molecule has 3 fully saturated rings. The van der Waals surface area contributed by atoms with Crippen molar-refractivity contribution in [1.82, 2.24) is 16.0 Å². The molecule has 10 heteroatoms. The number of hydrogen-bond acceptors (Lipinski definition) is 7. The molecule has 0 heterocycles. The molecule has 3 unspecified atom stereocenters. The number of rotatable bonds is 16. The minimum absolute atomic E-state index is 0.0228. The van der Waals surface area contributed by atoms with Crippen molar-refractivity contribution in [3.8, 4) is 0 Å². The van der Waals surface area contributed by atoms with E-state index >= 15 is 0 Å². The van der Waals surface area contributed by atoms with Gasteiger partial charge in [-0.3, -0.25) is 9.35 Å². The fraction of sp³-hybridized carbons (Fsp3) is 0.906. The van der Waals surface area contributed by atoms with Crippen LogP contribution < -0.4 is 21.7 Å². The monoisotopic (exact) mass is 610 g/mol. The van der Waals surface area contributed by atoms with E-state index in [1.54, 1.807) is 0 Å². The Balaban J connectivity index is 1.22. The van der Waals surface area contributed by atoms with Crippen molar-refractivity contribution >= 4 is 16.3 Å². The molecule has 0 radical (unpaired) electrons. The predicted octanol–water partition coefficient (Wildman–Crippen LogP) is 4.20. The lowest BCUT2D eigenvalue weighted by molar-refractivity contribution is -0.129. The summed E-state index contributed by atoms with van der Waals surface area (Å²) >= 11 is 0. The normalized spacial score (nSPS) is 35.1. The summed E-state index contributed by atoms with van der Waals surface area (Å²) in [5, 5.41) is 10.2. The van der Waals surface area contributed by atoms with E-state index in [2.05, 4.69) is 42.8 Å². The van der Waals surface area contributed by atoms with Crippen LogP contribution in [-0.2, 0) is 19.4 Å². The van der Waals surface area contributed by atoms with Gasteiger partial charge in [-0.05, 0) is 144 Å². The largest absolute Gasteiger partial charge is 0.397 e. The van der Waals surface area contributed by atoms with Gasteiger partial charge in [0, 0.05) is 12.5 Å². The van der Waals surface area contributed by atoms with E-state index in [4.69, 9.17) is 9.92 Å². The first-order valence-electron chi connectivity index (χ1n) is 16.7. The molecule has 0 aromatic heterocycles. The Hall–Kier alpha value is -1.04. The summed E-state index contributed by atoms with van der Waals surface area (Å²) in [7, 11) is -4.43. The van der Waals surface area contributed by atoms with Crippen molar-refractivity contribution in [2.75, 3.05) is 39.3 Å². The van der Waals surface area contributed by atoms with Gasteiger partial charge >= 0.3 is 10.4 Å². The van der Waals surface area contributed by atoms with Crippen molar-refractivity contribution in [3.05, 3.63) is 11.6 Å². The number of unbranched alkanes of at least 4 members (excludes halogenated alkanes) is 1. The fourth-order valence-electron chi connectivity index (χ4n) is 9.49. The van der Waals surface area contributed by atoms with E-state index in [9.17, 15) is 17.8 Å². The first kappa shape index (κ1) is 33.8. The molecule has 0 aromatic carbocycles. The lowest BCUT2D eigenvalue weighted by atomic mass is 9.47. The average molecular weight is 611 g/mol. The minimum Gasteiger partial charge on any atom is -0.356 e. The van der Waals surface area contributed by atoms with E-state index in [-0.39, 0.29) is 22.7 Å². The summed E-state index contributed by atoms with van der Waals surface area (Å²) < 4.78 is 36.8.